The van der Waals surface area contributed by atoms with Gasteiger partial charge >= 0.3 is 200 Å². The number of rotatable bonds is 74. The molecule has 0 aromatic carbocycles. The average Bonchev–Trinajstić information content (AvgIpc) is 0.930. The Morgan fingerprint density at radius 1 is 0.189 bits per heavy atom. The van der Waals surface area contributed by atoms with Crippen LogP contribution in [0.1, 0.15) is 168 Å². The van der Waals surface area contributed by atoms with Crippen LogP contribution >= 0.6 is 0 Å². The first-order valence-corrected chi connectivity index (χ1v) is 38.4. The van der Waals surface area contributed by atoms with Gasteiger partial charge < -0.3 is 160 Å². The normalized spacial score (nSPS) is 10.6. The zero-order valence-electron chi connectivity index (χ0n) is 68.9. The van der Waals surface area contributed by atoms with Gasteiger partial charge in [-0.15, -0.1) is 0 Å². The van der Waals surface area contributed by atoms with Crippen molar-refractivity contribution >= 4 is 101 Å². The van der Waals surface area contributed by atoms with E-state index in [0.717, 1.165) is 55.1 Å². The molecule has 43 nitrogen and oxygen atoms in total. The van der Waals surface area contributed by atoms with Crippen LogP contribution in [0, 0.1) is 200 Å². The molecule has 0 bridgehead atoms. The third-order valence-corrected chi connectivity index (χ3v) is 16.1. The molecule has 0 saturated heterocycles. The number of hydrogen-bond acceptors (Lipinski definition) is 41. The second kappa shape index (κ2) is 95.3. The van der Waals surface area contributed by atoms with Crippen LogP contribution in [0.25, 0.3) is 0 Å². The van der Waals surface area contributed by atoms with Gasteiger partial charge in [-0.2, -0.15) is 0 Å². The summed E-state index contributed by atoms with van der Waals surface area (Å²) in [7, 11) is 0. The van der Waals surface area contributed by atoms with Crippen molar-refractivity contribution in [2.45, 2.75) is 168 Å². The first kappa shape index (κ1) is 139. The predicted molar refractivity (Wildman–Crippen MR) is 382 cm³/mol. The summed E-state index contributed by atoms with van der Waals surface area (Å²) in [4.78, 5) is 190. The Bertz CT molecular complexity index is 2490. The van der Waals surface area contributed by atoms with E-state index in [1.54, 1.807) is 0 Å². The molecular weight excluding hydrogens is 2340 g/mol. The van der Waals surface area contributed by atoms with Crippen LogP contribution in [0.2, 0.25) is 0 Å². The molecule has 0 rings (SSSR count). The molecule has 0 spiro atoms. The van der Waals surface area contributed by atoms with Crippen molar-refractivity contribution in [3.05, 3.63) is 24.3 Å². The van der Waals surface area contributed by atoms with Crippen LogP contribution < -0.4 is 88.1 Å². The number of nitrogens with two attached hydrogens (primary N) is 2. The fourth-order valence-corrected chi connectivity index (χ4v) is 10.6. The minimum atomic E-state index is -1.54. The standard InChI is InChI=1S/2C16H31NO.3C14H23N3O10.5Gd/c2*1-2-3-4-5-6-7-8-9-10-11-12-13-14-15-16(17)18;3*18-10(19)5-15(1-3-16(6-11(20)21)7-12(22)23)2-4-17(8-13(24)25)9-14(26)27;;;;;/h2*7-8H,2-6,9-15H2,1H3,(H2,17,18);3*1-9H2,(H,18,19)(H,20,21)(H,22,23)(H,24,25)(H,26,27);;;;;/q;;;;;5*+3/p-15/b2*8-7-;;;;;;;;. The predicted octanol–water partition coefficient (Wildman–Crippen LogP) is -18.6. The molecule has 699 valence electrons. The van der Waals surface area contributed by atoms with Gasteiger partial charge in [0.2, 0.25) is 11.8 Å². The van der Waals surface area contributed by atoms with E-state index in [1.165, 1.54) is 130 Å². The number of carbonyl (C=O) groups is 17. The summed E-state index contributed by atoms with van der Waals surface area (Å²) in [5.74, 6) is -23.3. The van der Waals surface area contributed by atoms with E-state index in [9.17, 15) is 158 Å². The van der Waals surface area contributed by atoms with E-state index >= 15 is 0 Å². The van der Waals surface area contributed by atoms with Crippen molar-refractivity contribution in [1.29, 1.82) is 0 Å². The Morgan fingerprint density at radius 3 is 0.434 bits per heavy atom. The van der Waals surface area contributed by atoms with Gasteiger partial charge in [-0.05, 0) is 64.2 Å². The number of amides is 2. The number of carboxylic acid groups (broad SMARTS) is 15. The van der Waals surface area contributed by atoms with Crippen LogP contribution in [0.15, 0.2) is 24.3 Å². The van der Waals surface area contributed by atoms with E-state index in [1.807, 2.05) is 0 Å². The summed E-state index contributed by atoms with van der Waals surface area (Å²) in [6.07, 6.45) is 38.0. The number of unbranched alkanes of at least 4 members (excludes halogenated alkanes) is 18. The largest absolute Gasteiger partial charge is 3.00 e. The Kier molecular flexibility index (Phi) is 109. The minimum absolute atomic E-state index is 0. The van der Waals surface area contributed by atoms with E-state index in [-0.39, 0.29) is 290 Å². The number of allylic oxidation sites excluding steroid dienone is 4. The molecule has 0 fully saturated rings. The summed E-state index contributed by atoms with van der Waals surface area (Å²) in [6, 6.07) is 0. The molecule has 0 aliphatic heterocycles. The maximum absolute atomic E-state index is 10.8. The van der Waals surface area contributed by atoms with Crippen molar-refractivity contribution in [2.75, 3.05) is 177 Å². The number of carbonyl (C=O) groups excluding carboxylic acids is 17. The number of aliphatic carboxylic acids is 15. The third kappa shape index (κ3) is 115. The summed E-state index contributed by atoms with van der Waals surface area (Å²) < 4.78 is 0. The van der Waals surface area contributed by atoms with Gasteiger partial charge in [0.05, 0.1) is 89.5 Å². The molecule has 0 saturated carbocycles. The first-order chi connectivity index (χ1) is 55.0. The SMILES string of the molecule is CCCCCC/C=C\CCCCCCCC(N)=O.CCCCCC/C=C\CCCCCCCC(N)=O.O=C([O-])CN(CCN(CC(=O)[O-])CC(=O)[O-])CCN(CC(=O)[O-])CC(=O)[O-].O=C([O-])CN(CCN(CC(=O)[O-])CC(=O)[O-])CCN(CC(=O)[O-])CC(=O)[O-].O=C([O-])CN(CCN(CC(=O)[O-])CC(=O)[O-])CCN(CC(=O)[O-])CC(=O)[O-].[Gd+3].[Gd+3].[Gd+3].[Gd+3].[Gd+3]. The van der Waals surface area contributed by atoms with Crippen LogP contribution in [-0.4, -0.2) is 322 Å². The van der Waals surface area contributed by atoms with Gasteiger partial charge in [-0.25, -0.2) is 0 Å². The van der Waals surface area contributed by atoms with Gasteiger partial charge in [0.15, 0.2) is 0 Å². The van der Waals surface area contributed by atoms with Gasteiger partial charge in [0, 0.05) is 190 Å². The Labute approximate surface area is 872 Å². The molecule has 0 aliphatic rings. The van der Waals surface area contributed by atoms with E-state index in [4.69, 9.17) is 11.5 Å². The summed E-state index contributed by atoms with van der Waals surface area (Å²) in [6.45, 7) is -7.98. The average molecular weight is 2460 g/mol. The monoisotopic (exact) mass is 2460 g/mol. The van der Waals surface area contributed by atoms with Crippen LogP contribution in [0.4, 0.5) is 0 Å². The quantitative estimate of drug-likeness (QED) is 0.0422. The van der Waals surface area contributed by atoms with Crippen molar-refractivity contribution < 1.29 is 358 Å². The second-order valence-corrected chi connectivity index (χ2v) is 26.9. The van der Waals surface area contributed by atoms with Gasteiger partial charge in [0.25, 0.3) is 0 Å². The van der Waals surface area contributed by atoms with Crippen LogP contribution in [0.5, 0.6) is 0 Å². The van der Waals surface area contributed by atoms with Crippen molar-refractivity contribution in [3.63, 3.8) is 0 Å². The molecule has 5 radical (unpaired) electrons. The number of carboxylic acids is 15. The molecule has 2 amide bonds. The molecule has 0 unspecified atom stereocenters. The fourth-order valence-electron chi connectivity index (χ4n) is 10.6. The molecule has 0 atom stereocenters. The first-order valence-electron chi connectivity index (χ1n) is 38.4. The molecular formula is C74H116Gd5N11O32. The number of nitrogens with zero attached hydrogens (tertiary/aromatic N) is 9. The van der Waals surface area contributed by atoms with Gasteiger partial charge in [-0.3, -0.25) is 53.7 Å². The zero-order valence-corrected chi connectivity index (χ0v) is 80.2. The Morgan fingerprint density at radius 2 is 0.303 bits per heavy atom. The molecule has 0 aromatic rings. The second-order valence-electron chi connectivity index (χ2n) is 26.9. The Hall–Kier alpha value is -3.27. The number of primary amides is 2. The maximum Gasteiger partial charge on any atom is 3.00 e. The van der Waals surface area contributed by atoms with Crippen LogP contribution in [-0.2, 0) is 81.5 Å². The van der Waals surface area contributed by atoms with Crippen molar-refractivity contribution in [3.8, 4) is 0 Å². The summed E-state index contributed by atoms with van der Waals surface area (Å²) in [5, 5.41) is 160. The Balaban J connectivity index is -0.000000161. The summed E-state index contributed by atoms with van der Waals surface area (Å²) in [5.41, 5.74) is 10.2. The van der Waals surface area contributed by atoms with Crippen molar-refractivity contribution in [2.24, 2.45) is 11.5 Å². The third-order valence-electron chi connectivity index (χ3n) is 16.1. The number of hydrogen-bond donors (Lipinski definition) is 2. The summed E-state index contributed by atoms with van der Waals surface area (Å²) >= 11 is 0. The van der Waals surface area contributed by atoms with Crippen molar-refractivity contribution in [1.82, 2.24) is 44.1 Å². The smallest absolute Gasteiger partial charge is 0.549 e. The topological polar surface area (TPSA) is 717 Å². The molecule has 0 aromatic heterocycles. The molecule has 48 heteroatoms. The van der Waals surface area contributed by atoms with Gasteiger partial charge in [0.1, 0.15) is 0 Å². The van der Waals surface area contributed by atoms with E-state index in [0.29, 0.717) is 12.8 Å². The fraction of sp³-hybridized carbons (Fsp3) is 0.716. The zero-order chi connectivity index (χ0) is 89.9. The van der Waals surface area contributed by atoms with E-state index in [2.05, 4.69) is 38.2 Å². The van der Waals surface area contributed by atoms with E-state index < -0.39 is 188 Å². The minimum Gasteiger partial charge on any atom is -0.549 e. The molecule has 0 heterocycles. The maximum atomic E-state index is 10.8. The molecule has 0 aliphatic carbocycles. The van der Waals surface area contributed by atoms with Gasteiger partial charge in [-0.1, -0.05) is 115 Å². The molecule has 4 N–H and O–H groups in total. The van der Waals surface area contributed by atoms with Crippen LogP contribution in [0.3, 0.4) is 0 Å². The molecule has 122 heavy (non-hydrogen) atoms.